The molecule has 2 heterocycles. The van der Waals surface area contributed by atoms with E-state index in [1.807, 2.05) is 11.9 Å². The Morgan fingerprint density at radius 1 is 0.938 bits per heavy atom. The van der Waals surface area contributed by atoms with Gasteiger partial charge >= 0.3 is 6.18 Å². The van der Waals surface area contributed by atoms with Crippen LogP contribution < -0.4 is 19.1 Å². The van der Waals surface area contributed by atoms with E-state index in [2.05, 4.69) is 9.62 Å². The van der Waals surface area contributed by atoms with Crippen molar-refractivity contribution < 1.29 is 31.1 Å². The Hall–Kier alpha value is -2.66. The first-order valence-electron chi connectivity index (χ1n) is 10.2. The highest BCUT2D eigenvalue weighted by Gasteiger charge is 2.32. The fraction of sp³-hybridized carbons (Fsp3) is 0.429. The standard InChI is InChI=1S/C21H24F3N3O4S/c1-26-7-9-27(10-8-26)18-5-3-15(21(22,23)24)13-17(18)25-32(28,29)16-4-6-19-20(14-16)31-12-2-11-30-19/h3-6,13-14,25H,2,7-12H2,1H3. The number of halogens is 3. The zero-order chi connectivity index (χ0) is 22.9. The first kappa shape index (κ1) is 22.5. The zero-order valence-corrected chi connectivity index (χ0v) is 18.3. The molecule has 2 aliphatic rings. The third-order valence-electron chi connectivity index (χ3n) is 5.44. The molecule has 0 amide bonds. The number of rotatable bonds is 4. The fourth-order valence-corrected chi connectivity index (χ4v) is 4.71. The van der Waals surface area contributed by atoms with E-state index < -0.39 is 21.8 Å². The molecule has 0 spiro atoms. The first-order chi connectivity index (χ1) is 15.1. The van der Waals surface area contributed by atoms with E-state index in [-0.39, 0.29) is 16.3 Å². The van der Waals surface area contributed by atoms with Crippen LogP contribution in [0.5, 0.6) is 11.5 Å². The summed E-state index contributed by atoms with van der Waals surface area (Å²) < 4.78 is 79.7. The van der Waals surface area contributed by atoms with Gasteiger partial charge in [0.15, 0.2) is 11.5 Å². The van der Waals surface area contributed by atoms with Gasteiger partial charge in [-0.3, -0.25) is 4.72 Å². The van der Waals surface area contributed by atoms with Crippen molar-refractivity contribution in [2.45, 2.75) is 17.5 Å². The van der Waals surface area contributed by atoms with Crippen molar-refractivity contribution in [3.05, 3.63) is 42.0 Å². The fourth-order valence-electron chi connectivity index (χ4n) is 3.63. The second kappa shape index (κ2) is 8.70. The Labute approximate surface area is 184 Å². The first-order valence-corrected chi connectivity index (χ1v) is 11.7. The summed E-state index contributed by atoms with van der Waals surface area (Å²) in [6.07, 6.45) is -3.94. The Balaban J connectivity index is 1.69. The van der Waals surface area contributed by atoms with E-state index in [1.165, 1.54) is 24.3 Å². The Kier molecular flexibility index (Phi) is 6.13. The minimum Gasteiger partial charge on any atom is -0.490 e. The molecule has 7 nitrogen and oxygen atoms in total. The van der Waals surface area contributed by atoms with Crippen LogP contribution >= 0.6 is 0 Å². The van der Waals surface area contributed by atoms with Gasteiger partial charge in [0.25, 0.3) is 10.0 Å². The number of hydrogen-bond donors (Lipinski definition) is 1. The Morgan fingerprint density at radius 3 is 2.31 bits per heavy atom. The summed E-state index contributed by atoms with van der Waals surface area (Å²) in [5.41, 5.74) is -0.632. The van der Waals surface area contributed by atoms with E-state index in [9.17, 15) is 21.6 Å². The predicted octanol–water partition coefficient (Wildman–Crippen LogP) is 3.42. The molecule has 2 aromatic rings. The third-order valence-corrected chi connectivity index (χ3v) is 6.80. The average molecular weight is 472 g/mol. The molecule has 2 aliphatic heterocycles. The lowest BCUT2D eigenvalue weighted by Gasteiger charge is -2.35. The topological polar surface area (TPSA) is 71.1 Å². The number of ether oxygens (including phenoxy) is 2. The maximum absolute atomic E-state index is 13.3. The molecular weight excluding hydrogens is 447 g/mol. The minimum absolute atomic E-state index is 0.114. The van der Waals surface area contributed by atoms with E-state index in [0.717, 1.165) is 25.2 Å². The highest BCUT2D eigenvalue weighted by Crippen LogP contribution is 2.38. The van der Waals surface area contributed by atoms with E-state index in [0.29, 0.717) is 44.2 Å². The highest BCUT2D eigenvalue weighted by atomic mass is 32.2. The number of hydrogen-bond acceptors (Lipinski definition) is 6. The van der Waals surface area contributed by atoms with Crippen molar-refractivity contribution in [3.8, 4) is 11.5 Å². The molecular formula is C21H24F3N3O4S. The zero-order valence-electron chi connectivity index (χ0n) is 17.5. The molecule has 174 valence electrons. The Bertz CT molecular complexity index is 1080. The molecule has 4 rings (SSSR count). The maximum atomic E-state index is 13.3. The van der Waals surface area contributed by atoms with Crippen LogP contribution in [0.2, 0.25) is 0 Å². The van der Waals surface area contributed by atoms with Gasteiger partial charge in [-0.2, -0.15) is 13.2 Å². The number of nitrogens with one attached hydrogen (secondary N) is 1. The largest absolute Gasteiger partial charge is 0.490 e. The second-order valence-corrected chi connectivity index (χ2v) is 9.47. The lowest BCUT2D eigenvalue weighted by Crippen LogP contribution is -2.44. The molecule has 1 saturated heterocycles. The SMILES string of the molecule is CN1CCN(c2ccc(C(F)(F)F)cc2NS(=O)(=O)c2ccc3c(c2)OCCCO3)CC1. The molecule has 1 fully saturated rings. The van der Waals surface area contributed by atoms with E-state index in [1.54, 1.807) is 0 Å². The molecule has 0 saturated carbocycles. The van der Waals surface area contributed by atoms with Crippen molar-refractivity contribution in [1.29, 1.82) is 0 Å². The van der Waals surface area contributed by atoms with Gasteiger partial charge in [-0.15, -0.1) is 0 Å². The van der Waals surface area contributed by atoms with Crippen LogP contribution in [0.1, 0.15) is 12.0 Å². The number of piperazine rings is 1. The maximum Gasteiger partial charge on any atom is 0.416 e. The third kappa shape index (κ3) is 4.88. The summed E-state index contributed by atoms with van der Waals surface area (Å²) in [6, 6.07) is 7.29. The molecule has 32 heavy (non-hydrogen) atoms. The lowest BCUT2D eigenvalue weighted by molar-refractivity contribution is -0.137. The predicted molar refractivity (Wildman–Crippen MR) is 114 cm³/mol. The van der Waals surface area contributed by atoms with Crippen LogP contribution in [-0.2, 0) is 16.2 Å². The molecule has 0 aromatic heterocycles. The number of alkyl halides is 3. The number of fused-ring (bicyclic) bond motifs is 1. The number of nitrogens with zero attached hydrogens (tertiary/aromatic N) is 2. The van der Waals surface area contributed by atoms with Gasteiger partial charge in [0.2, 0.25) is 0 Å². The van der Waals surface area contributed by atoms with E-state index >= 15 is 0 Å². The smallest absolute Gasteiger partial charge is 0.416 e. The summed E-state index contributed by atoms with van der Waals surface area (Å²) in [4.78, 5) is 3.86. The quantitative estimate of drug-likeness (QED) is 0.737. The van der Waals surface area contributed by atoms with Crippen LogP contribution in [-0.4, -0.2) is 59.8 Å². The summed E-state index contributed by atoms with van der Waals surface area (Å²) in [5, 5.41) is 0. The van der Waals surface area contributed by atoms with Gasteiger partial charge in [-0.1, -0.05) is 0 Å². The van der Waals surface area contributed by atoms with Gasteiger partial charge in [-0.25, -0.2) is 8.42 Å². The molecule has 0 radical (unpaired) electrons. The summed E-state index contributed by atoms with van der Waals surface area (Å²) in [6.45, 7) is 3.41. The molecule has 0 bridgehead atoms. The van der Waals surface area contributed by atoms with Crippen LogP contribution in [0, 0.1) is 0 Å². The van der Waals surface area contributed by atoms with Gasteiger partial charge in [0, 0.05) is 38.7 Å². The van der Waals surface area contributed by atoms with Gasteiger partial charge in [0.05, 0.1) is 35.0 Å². The van der Waals surface area contributed by atoms with E-state index in [4.69, 9.17) is 9.47 Å². The van der Waals surface area contributed by atoms with Crippen LogP contribution in [0.25, 0.3) is 0 Å². The minimum atomic E-state index is -4.60. The van der Waals surface area contributed by atoms with Crippen LogP contribution in [0.15, 0.2) is 41.3 Å². The number of benzene rings is 2. The van der Waals surface area contributed by atoms with Crippen molar-refractivity contribution in [1.82, 2.24) is 4.90 Å². The molecule has 0 unspecified atom stereocenters. The van der Waals surface area contributed by atoms with Crippen molar-refractivity contribution in [3.63, 3.8) is 0 Å². The van der Waals surface area contributed by atoms with Crippen molar-refractivity contribution in [2.24, 2.45) is 0 Å². The van der Waals surface area contributed by atoms with Gasteiger partial charge in [-0.05, 0) is 37.4 Å². The van der Waals surface area contributed by atoms with Crippen LogP contribution in [0.3, 0.4) is 0 Å². The normalized spacial score (nSPS) is 17.7. The van der Waals surface area contributed by atoms with Crippen molar-refractivity contribution >= 4 is 21.4 Å². The lowest BCUT2D eigenvalue weighted by atomic mass is 10.1. The summed E-state index contributed by atoms with van der Waals surface area (Å²) in [5.74, 6) is 0.715. The Morgan fingerprint density at radius 2 is 1.62 bits per heavy atom. The molecule has 11 heteroatoms. The second-order valence-electron chi connectivity index (χ2n) is 7.78. The van der Waals surface area contributed by atoms with Crippen molar-refractivity contribution in [2.75, 3.05) is 56.1 Å². The number of likely N-dealkylation sites (N-methyl/N-ethyl adjacent to an activating group) is 1. The average Bonchev–Trinajstić information content (AvgIpc) is 2.98. The highest BCUT2D eigenvalue weighted by molar-refractivity contribution is 7.92. The van der Waals surface area contributed by atoms with Crippen LogP contribution in [0.4, 0.5) is 24.5 Å². The number of anilines is 2. The molecule has 2 aromatic carbocycles. The molecule has 1 N–H and O–H groups in total. The van der Waals surface area contributed by atoms with Gasteiger partial charge in [0.1, 0.15) is 0 Å². The molecule has 0 atom stereocenters. The van der Waals surface area contributed by atoms with Gasteiger partial charge < -0.3 is 19.3 Å². The molecule has 0 aliphatic carbocycles. The summed E-state index contributed by atoms with van der Waals surface area (Å²) in [7, 11) is -2.23. The monoisotopic (exact) mass is 471 g/mol. The summed E-state index contributed by atoms with van der Waals surface area (Å²) >= 11 is 0. The number of sulfonamides is 1.